The Hall–Kier alpha value is -4.27. The molecule has 9 heteroatoms. The van der Waals surface area contributed by atoms with Gasteiger partial charge in [-0.15, -0.1) is 11.3 Å². The number of aliphatic carboxylic acids is 1. The molecule has 7 nitrogen and oxygen atoms in total. The van der Waals surface area contributed by atoms with Crippen molar-refractivity contribution >= 4 is 55.8 Å². The summed E-state index contributed by atoms with van der Waals surface area (Å²) < 4.78 is 2.70. The van der Waals surface area contributed by atoms with E-state index in [-0.39, 0.29) is 6.42 Å². The number of thiazole rings is 1. The summed E-state index contributed by atoms with van der Waals surface area (Å²) >= 11 is 7.68. The Labute approximate surface area is 227 Å². The molecule has 3 aromatic carbocycles. The second-order valence-electron chi connectivity index (χ2n) is 9.16. The van der Waals surface area contributed by atoms with E-state index in [1.165, 1.54) is 0 Å². The van der Waals surface area contributed by atoms with Gasteiger partial charge in [0, 0.05) is 40.3 Å². The van der Waals surface area contributed by atoms with Gasteiger partial charge in [0.1, 0.15) is 5.01 Å². The Morgan fingerprint density at radius 2 is 1.82 bits per heavy atom. The zero-order valence-electron chi connectivity index (χ0n) is 20.6. The number of nitrogens with zero attached hydrogens (tertiary/aromatic N) is 4. The van der Waals surface area contributed by atoms with Crippen LogP contribution in [0.2, 0.25) is 5.02 Å². The SMILES string of the molecule is Cc1cc2nc(-c3ccnc(-c4ccc5c(c4)c(N)nn5C)c3)sc2c(-c2ccc(Cl)cc2)c1CC(=O)O. The summed E-state index contributed by atoms with van der Waals surface area (Å²) in [7, 11) is 1.87. The first kappa shape index (κ1) is 24.1. The average molecular weight is 540 g/mol. The number of carboxylic acid groups (broad SMARTS) is 1. The van der Waals surface area contributed by atoms with Crippen LogP contribution in [0.5, 0.6) is 0 Å². The van der Waals surface area contributed by atoms with E-state index < -0.39 is 5.97 Å². The second kappa shape index (κ2) is 9.24. The first-order valence-electron chi connectivity index (χ1n) is 11.9. The minimum atomic E-state index is -0.877. The van der Waals surface area contributed by atoms with Crippen molar-refractivity contribution in [3.05, 3.63) is 83.0 Å². The third-order valence-corrected chi connectivity index (χ3v) is 8.04. The van der Waals surface area contributed by atoms with Gasteiger partial charge in [-0.25, -0.2) is 4.98 Å². The number of fused-ring (bicyclic) bond motifs is 2. The number of pyridine rings is 1. The lowest BCUT2D eigenvalue weighted by atomic mass is 9.93. The third-order valence-electron chi connectivity index (χ3n) is 6.65. The van der Waals surface area contributed by atoms with Crippen molar-refractivity contribution in [2.45, 2.75) is 13.3 Å². The second-order valence-corrected chi connectivity index (χ2v) is 10.6. The van der Waals surface area contributed by atoms with Crippen LogP contribution < -0.4 is 5.73 Å². The normalized spacial score (nSPS) is 11.4. The molecule has 0 spiro atoms. The molecule has 0 saturated heterocycles. The molecule has 6 rings (SSSR count). The van der Waals surface area contributed by atoms with Crippen LogP contribution in [0.3, 0.4) is 0 Å². The summed E-state index contributed by atoms with van der Waals surface area (Å²) in [6.45, 7) is 1.93. The van der Waals surface area contributed by atoms with E-state index in [1.807, 2.05) is 74.6 Å². The first-order chi connectivity index (χ1) is 18.3. The van der Waals surface area contributed by atoms with Crippen LogP contribution in [-0.2, 0) is 18.3 Å². The number of rotatable bonds is 5. The van der Waals surface area contributed by atoms with Gasteiger partial charge >= 0.3 is 5.97 Å². The number of nitrogens with two attached hydrogens (primary N) is 1. The van der Waals surface area contributed by atoms with Gasteiger partial charge in [-0.05, 0) is 66.1 Å². The van der Waals surface area contributed by atoms with Gasteiger partial charge in [-0.1, -0.05) is 29.8 Å². The maximum atomic E-state index is 11.7. The van der Waals surface area contributed by atoms with E-state index in [1.54, 1.807) is 22.2 Å². The van der Waals surface area contributed by atoms with Crippen molar-refractivity contribution in [2.75, 3.05) is 5.73 Å². The largest absolute Gasteiger partial charge is 0.481 e. The molecule has 3 heterocycles. The van der Waals surface area contributed by atoms with Gasteiger partial charge in [0.25, 0.3) is 0 Å². The summed E-state index contributed by atoms with van der Waals surface area (Å²) in [5.41, 5.74) is 14.0. The average Bonchev–Trinajstić information content (AvgIpc) is 3.45. The molecule has 0 fully saturated rings. The number of aromatic nitrogens is 4. The number of benzene rings is 3. The lowest BCUT2D eigenvalue weighted by molar-refractivity contribution is -0.136. The highest BCUT2D eigenvalue weighted by Gasteiger charge is 2.20. The molecule has 188 valence electrons. The van der Waals surface area contributed by atoms with Crippen molar-refractivity contribution in [3.8, 4) is 33.0 Å². The smallest absolute Gasteiger partial charge is 0.307 e. The summed E-state index contributed by atoms with van der Waals surface area (Å²) in [6.07, 6.45) is 1.70. The van der Waals surface area contributed by atoms with E-state index in [0.29, 0.717) is 10.8 Å². The molecule has 0 atom stereocenters. The number of nitrogen functional groups attached to an aromatic ring is 1. The topological polar surface area (TPSA) is 107 Å². The van der Waals surface area contributed by atoms with Gasteiger partial charge in [-0.3, -0.25) is 14.5 Å². The number of aryl methyl sites for hydroxylation is 2. The Kier molecular flexibility index (Phi) is 5.86. The minimum Gasteiger partial charge on any atom is -0.481 e. The Morgan fingerprint density at radius 3 is 2.58 bits per heavy atom. The molecule has 0 radical (unpaired) electrons. The Balaban J connectivity index is 1.50. The fourth-order valence-electron chi connectivity index (χ4n) is 4.83. The van der Waals surface area contributed by atoms with Crippen LogP contribution in [0.1, 0.15) is 11.1 Å². The highest BCUT2D eigenvalue weighted by atomic mass is 35.5. The zero-order chi connectivity index (χ0) is 26.6. The molecular formula is C29H22ClN5O2S. The van der Waals surface area contributed by atoms with Crippen LogP contribution in [0.15, 0.2) is 66.9 Å². The highest BCUT2D eigenvalue weighted by molar-refractivity contribution is 7.22. The molecule has 3 aromatic heterocycles. The number of hydrogen-bond acceptors (Lipinski definition) is 6. The Bertz CT molecular complexity index is 1870. The van der Waals surface area contributed by atoms with Crippen LogP contribution in [0.4, 0.5) is 5.82 Å². The lowest BCUT2D eigenvalue weighted by Crippen LogP contribution is -2.04. The quantitative estimate of drug-likeness (QED) is 0.251. The molecule has 0 aliphatic carbocycles. The minimum absolute atomic E-state index is 0.0771. The van der Waals surface area contributed by atoms with Crippen molar-refractivity contribution in [3.63, 3.8) is 0 Å². The number of halogens is 1. The summed E-state index contributed by atoms with van der Waals surface area (Å²) in [5.74, 6) is -0.397. The van der Waals surface area contributed by atoms with Crippen molar-refractivity contribution in [1.29, 1.82) is 0 Å². The Morgan fingerprint density at radius 1 is 1.05 bits per heavy atom. The molecular weight excluding hydrogens is 518 g/mol. The van der Waals surface area contributed by atoms with Crippen LogP contribution >= 0.6 is 22.9 Å². The monoisotopic (exact) mass is 539 g/mol. The van der Waals surface area contributed by atoms with Crippen molar-refractivity contribution in [1.82, 2.24) is 19.7 Å². The molecule has 0 aliphatic rings. The molecule has 0 bridgehead atoms. The lowest BCUT2D eigenvalue weighted by Gasteiger charge is -2.13. The fourth-order valence-corrected chi connectivity index (χ4v) is 6.09. The summed E-state index contributed by atoms with van der Waals surface area (Å²) in [4.78, 5) is 21.3. The highest BCUT2D eigenvalue weighted by Crippen LogP contribution is 2.41. The van der Waals surface area contributed by atoms with E-state index in [0.717, 1.165) is 65.2 Å². The molecule has 38 heavy (non-hydrogen) atoms. The molecule has 0 aliphatic heterocycles. The number of carbonyl (C=O) groups is 1. The predicted molar refractivity (Wildman–Crippen MR) is 153 cm³/mol. The van der Waals surface area contributed by atoms with Gasteiger partial charge in [0.05, 0.1) is 27.8 Å². The fraction of sp³-hybridized carbons (Fsp3) is 0.103. The van der Waals surface area contributed by atoms with Gasteiger partial charge < -0.3 is 10.8 Å². The maximum Gasteiger partial charge on any atom is 0.307 e. The molecule has 0 saturated carbocycles. The third kappa shape index (κ3) is 4.17. The molecule has 6 aromatic rings. The van der Waals surface area contributed by atoms with Crippen molar-refractivity contribution in [2.24, 2.45) is 7.05 Å². The number of hydrogen-bond donors (Lipinski definition) is 2. The van der Waals surface area contributed by atoms with E-state index >= 15 is 0 Å². The van der Waals surface area contributed by atoms with Crippen LogP contribution in [-0.4, -0.2) is 30.8 Å². The number of anilines is 1. The molecule has 0 amide bonds. The van der Waals surface area contributed by atoms with Gasteiger partial charge in [0.2, 0.25) is 0 Å². The van der Waals surface area contributed by atoms with Gasteiger partial charge in [-0.2, -0.15) is 5.10 Å². The zero-order valence-corrected chi connectivity index (χ0v) is 22.1. The van der Waals surface area contributed by atoms with E-state index in [2.05, 4.69) is 10.1 Å². The van der Waals surface area contributed by atoms with E-state index in [4.69, 9.17) is 22.3 Å². The van der Waals surface area contributed by atoms with Crippen LogP contribution in [0.25, 0.3) is 54.1 Å². The molecule has 0 unspecified atom stereocenters. The summed E-state index contributed by atoms with van der Waals surface area (Å²) in [5, 5.41) is 16.3. The number of carboxylic acids is 1. The van der Waals surface area contributed by atoms with Crippen molar-refractivity contribution < 1.29 is 9.90 Å². The predicted octanol–water partition coefficient (Wildman–Crippen LogP) is 6.75. The van der Waals surface area contributed by atoms with Gasteiger partial charge in [0.15, 0.2) is 5.82 Å². The summed E-state index contributed by atoms with van der Waals surface area (Å²) in [6, 6.07) is 19.4. The first-order valence-corrected chi connectivity index (χ1v) is 13.1. The van der Waals surface area contributed by atoms with Crippen LogP contribution in [0, 0.1) is 6.92 Å². The standard InChI is InChI=1S/C29H22ClN5O2S/c1-15-11-23-27(26(20(15)14-25(36)37)16-3-6-19(30)7-4-16)38-29(33-23)18-9-10-32-22(13-18)17-5-8-24-21(12-17)28(31)34-35(24)2/h3-13H,14H2,1-2H3,(H2,31,34)(H,36,37). The molecule has 3 N–H and O–H groups in total. The maximum absolute atomic E-state index is 11.7. The van der Waals surface area contributed by atoms with E-state index in [9.17, 15) is 9.90 Å².